The number of hydrogen-bond acceptors (Lipinski definition) is 5. The fraction of sp³-hybridized carbons (Fsp3) is 0.643. The first-order valence-corrected chi connectivity index (χ1v) is 8.21. The van der Waals surface area contributed by atoms with Gasteiger partial charge in [0.2, 0.25) is 5.91 Å². The second-order valence-corrected chi connectivity index (χ2v) is 6.71. The van der Waals surface area contributed by atoms with Gasteiger partial charge < -0.3 is 15.7 Å². The number of carbonyl (C=O) groups excluding carboxylic acids is 1. The summed E-state index contributed by atoms with van der Waals surface area (Å²) in [5, 5.41) is 16.0. The van der Waals surface area contributed by atoms with Gasteiger partial charge >= 0.3 is 5.97 Å². The van der Waals surface area contributed by atoms with Crippen molar-refractivity contribution in [3.63, 3.8) is 0 Å². The van der Waals surface area contributed by atoms with E-state index < -0.39 is 11.9 Å². The number of amides is 1. The summed E-state index contributed by atoms with van der Waals surface area (Å²) in [5.74, 6) is -1.20. The van der Waals surface area contributed by atoms with Crippen LogP contribution in [0, 0.1) is 0 Å². The van der Waals surface area contributed by atoms with Crippen LogP contribution in [0.3, 0.4) is 0 Å². The molecule has 1 saturated carbocycles. The van der Waals surface area contributed by atoms with Crippen LogP contribution >= 0.6 is 11.3 Å². The molecule has 0 aliphatic heterocycles. The number of carboxylic acid groups (broad SMARTS) is 1. The third-order valence-electron chi connectivity index (χ3n) is 3.82. The third kappa shape index (κ3) is 3.53. The first-order valence-electron chi connectivity index (χ1n) is 7.39. The van der Waals surface area contributed by atoms with E-state index in [0.717, 1.165) is 35.7 Å². The number of rotatable bonds is 6. The van der Waals surface area contributed by atoms with Crippen LogP contribution < -0.4 is 10.6 Å². The minimum absolute atomic E-state index is 0.0646. The fourth-order valence-electron chi connectivity index (χ4n) is 2.54. The van der Waals surface area contributed by atoms with E-state index in [2.05, 4.69) is 15.6 Å². The summed E-state index contributed by atoms with van der Waals surface area (Å²) in [6.07, 6.45) is 5.07. The van der Waals surface area contributed by atoms with Crippen LogP contribution in [0.2, 0.25) is 0 Å². The summed E-state index contributed by atoms with van der Waals surface area (Å²) in [5.41, 5.74) is 0.712. The average molecular weight is 309 g/mol. The quantitative estimate of drug-likeness (QED) is 0.744. The lowest BCUT2D eigenvalue weighted by molar-refractivity contribution is -0.139. The maximum Gasteiger partial charge on any atom is 0.312 e. The van der Waals surface area contributed by atoms with Gasteiger partial charge in [-0.05, 0) is 32.1 Å². The topological polar surface area (TPSA) is 91.3 Å². The first-order chi connectivity index (χ1) is 10.1. The van der Waals surface area contributed by atoms with Gasteiger partial charge in [0.25, 0.3) is 0 Å². The molecule has 6 nitrogen and oxygen atoms in total. The van der Waals surface area contributed by atoms with Crippen molar-refractivity contribution in [2.75, 3.05) is 11.9 Å². The minimum atomic E-state index is -0.795. The van der Waals surface area contributed by atoms with Crippen LogP contribution in [0.1, 0.15) is 48.6 Å². The Morgan fingerprint density at radius 2 is 2.14 bits per heavy atom. The standard InChI is InChI=1S/C14H19N3O3S/c18-11(16-8-4-5-8)6-7-15-14-17-12-9(13(19)20)2-1-3-10(12)21-14/h8-9H,1-7H2,(H,15,17)(H,16,18)(H,19,20). The molecule has 0 radical (unpaired) electrons. The number of thiazole rings is 1. The van der Waals surface area contributed by atoms with Crippen LogP contribution in [0.5, 0.6) is 0 Å². The Bertz CT molecular complexity index is 554. The SMILES string of the molecule is O=C(CCNc1nc2c(s1)CCCC2C(=O)O)NC1CC1. The smallest absolute Gasteiger partial charge is 0.312 e. The zero-order chi connectivity index (χ0) is 14.8. The van der Waals surface area contributed by atoms with Crippen molar-refractivity contribution in [3.8, 4) is 0 Å². The molecule has 0 aromatic carbocycles. The van der Waals surface area contributed by atoms with Crippen LogP contribution in [-0.4, -0.2) is 34.6 Å². The maximum absolute atomic E-state index is 11.6. The van der Waals surface area contributed by atoms with E-state index in [1.54, 1.807) is 0 Å². The molecule has 0 bridgehead atoms. The number of aromatic nitrogens is 1. The number of fused-ring (bicyclic) bond motifs is 1. The van der Waals surface area contributed by atoms with E-state index in [1.807, 2.05) is 0 Å². The molecule has 1 aromatic rings. The van der Waals surface area contributed by atoms with Crippen LogP contribution in [0.15, 0.2) is 0 Å². The molecule has 7 heteroatoms. The van der Waals surface area contributed by atoms with Gasteiger partial charge in [0.05, 0.1) is 5.69 Å². The van der Waals surface area contributed by atoms with Gasteiger partial charge in [-0.3, -0.25) is 9.59 Å². The van der Waals surface area contributed by atoms with Crippen molar-refractivity contribution < 1.29 is 14.7 Å². The Morgan fingerprint density at radius 3 is 2.86 bits per heavy atom. The molecule has 21 heavy (non-hydrogen) atoms. The molecule has 0 spiro atoms. The van der Waals surface area contributed by atoms with Crippen LogP contribution in [0.25, 0.3) is 0 Å². The highest BCUT2D eigenvalue weighted by Crippen LogP contribution is 2.36. The van der Waals surface area contributed by atoms with E-state index >= 15 is 0 Å². The molecule has 2 aliphatic carbocycles. The molecular formula is C14H19N3O3S. The fourth-order valence-corrected chi connectivity index (χ4v) is 3.64. The summed E-state index contributed by atoms with van der Waals surface area (Å²) < 4.78 is 0. The third-order valence-corrected chi connectivity index (χ3v) is 4.91. The molecule has 1 aromatic heterocycles. The zero-order valence-electron chi connectivity index (χ0n) is 11.7. The molecule has 1 fully saturated rings. The number of anilines is 1. The molecule has 1 heterocycles. The van der Waals surface area contributed by atoms with Crippen molar-refractivity contribution >= 4 is 28.3 Å². The highest BCUT2D eigenvalue weighted by molar-refractivity contribution is 7.15. The lowest BCUT2D eigenvalue weighted by Gasteiger charge is -2.16. The first kappa shape index (κ1) is 14.3. The second kappa shape index (κ2) is 6.01. The van der Waals surface area contributed by atoms with E-state index in [-0.39, 0.29) is 5.91 Å². The number of nitrogens with one attached hydrogen (secondary N) is 2. The molecule has 1 atom stereocenters. The molecule has 114 valence electrons. The normalized spacial score (nSPS) is 20.7. The number of carbonyl (C=O) groups is 2. The van der Waals surface area contributed by atoms with Gasteiger partial charge in [0, 0.05) is 23.9 Å². The minimum Gasteiger partial charge on any atom is -0.481 e. The summed E-state index contributed by atoms with van der Waals surface area (Å²) in [4.78, 5) is 28.3. The van der Waals surface area contributed by atoms with Gasteiger partial charge in [0.15, 0.2) is 5.13 Å². The Kier molecular flexibility index (Phi) is 4.10. The number of hydrogen-bond donors (Lipinski definition) is 3. The Morgan fingerprint density at radius 1 is 1.33 bits per heavy atom. The largest absolute Gasteiger partial charge is 0.481 e. The molecule has 3 N–H and O–H groups in total. The lowest BCUT2D eigenvalue weighted by atomic mass is 9.91. The maximum atomic E-state index is 11.6. The van der Waals surface area contributed by atoms with Crippen molar-refractivity contribution in [3.05, 3.63) is 10.6 Å². The van der Waals surface area contributed by atoms with E-state index in [1.165, 1.54) is 11.3 Å². The zero-order valence-corrected chi connectivity index (χ0v) is 12.5. The predicted octanol–water partition coefficient (Wildman–Crippen LogP) is 1.73. The van der Waals surface area contributed by atoms with E-state index in [9.17, 15) is 14.7 Å². The lowest BCUT2D eigenvalue weighted by Crippen LogP contribution is -2.27. The van der Waals surface area contributed by atoms with Crippen molar-refractivity contribution in [1.82, 2.24) is 10.3 Å². The predicted molar refractivity (Wildman–Crippen MR) is 79.7 cm³/mol. The van der Waals surface area contributed by atoms with Crippen molar-refractivity contribution in [2.45, 2.75) is 50.5 Å². The molecule has 1 unspecified atom stereocenters. The number of aliphatic carboxylic acids is 1. The summed E-state index contributed by atoms with van der Waals surface area (Å²) >= 11 is 1.52. The number of aryl methyl sites for hydroxylation is 1. The van der Waals surface area contributed by atoms with E-state index in [0.29, 0.717) is 31.1 Å². The van der Waals surface area contributed by atoms with Crippen molar-refractivity contribution in [2.24, 2.45) is 0 Å². The second-order valence-electron chi connectivity index (χ2n) is 5.63. The Balaban J connectivity index is 1.54. The van der Waals surface area contributed by atoms with Crippen molar-refractivity contribution in [1.29, 1.82) is 0 Å². The summed E-state index contributed by atoms with van der Waals surface area (Å²) in [6.45, 7) is 0.530. The van der Waals surface area contributed by atoms with Gasteiger partial charge in [0.1, 0.15) is 5.92 Å². The summed E-state index contributed by atoms with van der Waals surface area (Å²) in [7, 11) is 0. The monoisotopic (exact) mass is 309 g/mol. The van der Waals surface area contributed by atoms with Gasteiger partial charge in [-0.25, -0.2) is 4.98 Å². The van der Waals surface area contributed by atoms with Gasteiger partial charge in [-0.15, -0.1) is 11.3 Å². The highest BCUT2D eigenvalue weighted by atomic mass is 32.1. The number of carboxylic acids is 1. The molecular weight excluding hydrogens is 290 g/mol. The Hall–Kier alpha value is -1.63. The molecule has 2 aliphatic rings. The van der Waals surface area contributed by atoms with Gasteiger partial charge in [-0.1, -0.05) is 0 Å². The number of nitrogens with zero attached hydrogens (tertiary/aromatic N) is 1. The van der Waals surface area contributed by atoms with E-state index in [4.69, 9.17) is 0 Å². The van der Waals surface area contributed by atoms with Crippen LogP contribution in [0.4, 0.5) is 5.13 Å². The summed E-state index contributed by atoms with van der Waals surface area (Å²) in [6, 6.07) is 0.390. The average Bonchev–Trinajstić information content (AvgIpc) is 3.15. The Labute approximate surface area is 127 Å². The van der Waals surface area contributed by atoms with Crippen LogP contribution in [-0.2, 0) is 16.0 Å². The molecule has 3 rings (SSSR count). The molecule has 0 saturated heterocycles. The highest BCUT2D eigenvalue weighted by Gasteiger charge is 2.30. The molecule has 1 amide bonds. The van der Waals surface area contributed by atoms with Gasteiger partial charge in [-0.2, -0.15) is 0 Å².